The molecule has 0 aliphatic heterocycles. The van der Waals surface area contributed by atoms with Crippen LogP contribution in [0.3, 0.4) is 0 Å². The predicted molar refractivity (Wildman–Crippen MR) is 82.5 cm³/mol. The van der Waals surface area contributed by atoms with Gasteiger partial charge in [-0.1, -0.05) is 12.1 Å². The molecule has 0 unspecified atom stereocenters. The Bertz CT molecular complexity index is 659. The topological polar surface area (TPSA) is 61.3 Å². The maximum absolute atomic E-state index is 12.6. The van der Waals surface area contributed by atoms with Crippen molar-refractivity contribution in [2.24, 2.45) is 0 Å². The summed E-state index contributed by atoms with van der Waals surface area (Å²) in [5, 5.41) is 0. The van der Waals surface area contributed by atoms with E-state index in [2.05, 4.69) is 32.6 Å². The van der Waals surface area contributed by atoms with Gasteiger partial charge in [0.25, 0.3) is 0 Å². The van der Waals surface area contributed by atoms with Gasteiger partial charge in [0, 0.05) is 9.13 Å². The maximum Gasteiger partial charge on any atom is 0.247 e. The highest BCUT2D eigenvalue weighted by Gasteiger charge is 2.21. The van der Waals surface area contributed by atoms with E-state index in [-0.39, 0.29) is 17.4 Å². The van der Waals surface area contributed by atoms with Gasteiger partial charge in [-0.05, 0) is 41.1 Å². The van der Waals surface area contributed by atoms with Crippen molar-refractivity contribution < 1.29 is 14.3 Å². The van der Waals surface area contributed by atoms with Crippen LogP contribution >= 0.6 is 22.6 Å². The Morgan fingerprint density at radius 2 is 2.00 bits per heavy atom. The molecule has 0 N–H and O–H groups in total. The summed E-state index contributed by atoms with van der Waals surface area (Å²) in [6, 6.07) is 5.56. The molecule has 1 heterocycles. The second-order valence-corrected chi connectivity index (χ2v) is 5.11. The van der Waals surface area contributed by atoms with Crippen LogP contribution in [0.5, 0.6) is 11.8 Å². The van der Waals surface area contributed by atoms with E-state index in [1.165, 1.54) is 20.4 Å². The Balaban J connectivity index is 2.50. The first-order chi connectivity index (χ1) is 9.58. The zero-order valence-electron chi connectivity index (χ0n) is 11.3. The van der Waals surface area contributed by atoms with Crippen molar-refractivity contribution in [2.75, 3.05) is 14.2 Å². The fourth-order valence-electron chi connectivity index (χ4n) is 1.70. The molecule has 0 saturated carbocycles. The van der Waals surface area contributed by atoms with Crippen LogP contribution < -0.4 is 9.47 Å². The molecule has 0 fully saturated rings. The van der Waals surface area contributed by atoms with Crippen LogP contribution in [0.1, 0.15) is 21.6 Å². The van der Waals surface area contributed by atoms with E-state index in [0.29, 0.717) is 11.4 Å². The molecular weight excluding hydrogens is 371 g/mol. The van der Waals surface area contributed by atoms with Crippen molar-refractivity contribution in [3.05, 3.63) is 44.8 Å². The number of methoxy groups -OCH3 is 2. The second kappa shape index (κ2) is 6.17. The number of hydrogen-bond acceptors (Lipinski definition) is 5. The van der Waals surface area contributed by atoms with E-state index in [0.717, 1.165) is 9.13 Å². The highest BCUT2D eigenvalue weighted by molar-refractivity contribution is 14.1. The Kier molecular flexibility index (Phi) is 4.53. The summed E-state index contributed by atoms with van der Waals surface area (Å²) in [5.74, 6) is 0.245. The van der Waals surface area contributed by atoms with Gasteiger partial charge in [0.2, 0.25) is 17.5 Å². The van der Waals surface area contributed by atoms with Crippen molar-refractivity contribution in [2.45, 2.75) is 6.92 Å². The fraction of sp³-hybridized carbons (Fsp3) is 0.214. The third-order valence-electron chi connectivity index (χ3n) is 2.77. The molecule has 0 bridgehead atoms. The summed E-state index contributed by atoms with van der Waals surface area (Å²) < 4.78 is 11.0. The number of ether oxygens (including phenoxy) is 2. The molecule has 2 aromatic rings. The van der Waals surface area contributed by atoms with E-state index in [9.17, 15) is 4.79 Å². The number of hydrogen-bond donors (Lipinski definition) is 0. The Morgan fingerprint density at radius 1 is 1.25 bits per heavy atom. The van der Waals surface area contributed by atoms with E-state index >= 15 is 0 Å². The lowest BCUT2D eigenvalue weighted by atomic mass is 10.1. The van der Waals surface area contributed by atoms with Crippen molar-refractivity contribution in [3.8, 4) is 11.8 Å². The summed E-state index contributed by atoms with van der Waals surface area (Å²) in [5.41, 5.74) is 1.80. The van der Waals surface area contributed by atoms with Crippen molar-refractivity contribution in [1.82, 2.24) is 9.97 Å². The second-order valence-electron chi connectivity index (χ2n) is 4.04. The predicted octanol–water partition coefficient (Wildman–Crippen LogP) is 2.64. The summed E-state index contributed by atoms with van der Waals surface area (Å²) >= 11 is 2.15. The largest absolute Gasteiger partial charge is 0.480 e. The lowest BCUT2D eigenvalue weighted by Gasteiger charge is -2.09. The van der Waals surface area contributed by atoms with E-state index in [1.54, 1.807) is 6.07 Å². The monoisotopic (exact) mass is 384 g/mol. The third kappa shape index (κ3) is 2.74. The van der Waals surface area contributed by atoms with E-state index in [4.69, 9.17) is 9.47 Å². The summed E-state index contributed by atoms with van der Waals surface area (Å²) in [6.45, 7) is 1.95. The molecule has 0 atom stereocenters. The molecule has 0 amide bonds. The first-order valence-corrected chi connectivity index (χ1v) is 6.91. The van der Waals surface area contributed by atoms with Crippen molar-refractivity contribution in [1.29, 1.82) is 0 Å². The van der Waals surface area contributed by atoms with Crippen LogP contribution in [0.4, 0.5) is 0 Å². The van der Waals surface area contributed by atoms with Crippen LogP contribution in [0, 0.1) is 10.5 Å². The molecule has 2 rings (SSSR count). The minimum atomic E-state index is -0.217. The third-order valence-corrected chi connectivity index (χ3v) is 4.20. The van der Waals surface area contributed by atoms with Gasteiger partial charge in [-0.3, -0.25) is 4.79 Å². The van der Waals surface area contributed by atoms with Gasteiger partial charge < -0.3 is 9.47 Å². The lowest BCUT2D eigenvalue weighted by Crippen LogP contribution is -2.10. The Morgan fingerprint density at radius 3 is 2.65 bits per heavy atom. The number of aromatic nitrogens is 2. The van der Waals surface area contributed by atoms with Gasteiger partial charge in [-0.15, -0.1) is 0 Å². The van der Waals surface area contributed by atoms with E-state index < -0.39 is 0 Å². The summed E-state index contributed by atoms with van der Waals surface area (Å²) in [6.07, 6.45) is 1.40. The van der Waals surface area contributed by atoms with Gasteiger partial charge in [-0.25, -0.2) is 4.98 Å². The van der Waals surface area contributed by atoms with Crippen LogP contribution in [0.2, 0.25) is 0 Å². The number of halogens is 1. The fourth-order valence-corrected chi connectivity index (χ4v) is 2.31. The zero-order valence-corrected chi connectivity index (χ0v) is 13.5. The molecular formula is C14H13IN2O3. The molecule has 20 heavy (non-hydrogen) atoms. The minimum Gasteiger partial charge on any atom is -0.480 e. The van der Waals surface area contributed by atoms with Gasteiger partial charge >= 0.3 is 0 Å². The maximum atomic E-state index is 12.6. The van der Waals surface area contributed by atoms with E-state index in [1.807, 2.05) is 19.1 Å². The molecule has 104 valence electrons. The number of aryl methyl sites for hydroxylation is 1. The SMILES string of the molecule is COc1cnc(C(=O)c2cccc(C)c2I)c(OC)n1. The molecule has 0 aliphatic carbocycles. The first kappa shape index (κ1) is 14.7. The number of benzene rings is 1. The quantitative estimate of drug-likeness (QED) is 0.599. The van der Waals surface area contributed by atoms with Crippen LogP contribution in [-0.2, 0) is 0 Å². The number of carbonyl (C=O) groups is 1. The average molecular weight is 384 g/mol. The Hall–Kier alpha value is -1.70. The molecule has 0 aliphatic rings. The first-order valence-electron chi connectivity index (χ1n) is 5.83. The molecule has 5 nitrogen and oxygen atoms in total. The molecule has 0 saturated heterocycles. The van der Waals surface area contributed by atoms with Crippen molar-refractivity contribution >= 4 is 28.4 Å². The standard InChI is InChI=1S/C14H13IN2O3/c1-8-5-4-6-9(11(8)15)13(18)12-14(20-3)17-10(19-2)7-16-12/h4-7H,1-3H3. The molecule has 6 heteroatoms. The summed E-state index contributed by atoms with van der Waals surface area (Å²) in [7, 11) is 2.93. The van der Waals surface area contributed by atoms with Gasteiger partial charge in [0.1, 0.15) is 0 Å². The van der Waals surface area contributed by atoms with Gasteiger partial charge in [-0.2, -0.15) is 4.98 Å². The molecule has 0 radical (unpaired) electrons. The number of nitrogens with zero attached hydrogens (tertiary/aromatic N) is 2. The van der Waals surface area contributed by atoms with Gasteiger partial charge in [0.15, 0.2) is 5.69 Å². The minimum absolute atomic E-state index is 0.159. The highest BCUT2D eigenvalue weighted by atomic mass is 127. The molecule has 1 aromatic carbocycles. The molecule has 0 spiro atoms. The zero-order chi connectivity index (χ0) is 14.7. The van der Waals surface area contributed by atoms with Crippen molar-refractivity contribution in [3.63, 3.8) is 0 Å². The number of rotatable bonds is 4. The Labute approximate surface area is 130 Å². The lowest BCUT2D eigenvalue weighted by molar-refractivity contribution is 0.102. The number of carbonyl (C=O) groups excluding carboxylic acids is 1. The normalized spacial score (nSPS) is 10.2. The number of ketones is 1. The smallest absolute Gasteiger partial charge is 0.247 e. The van der Waals surface area contributed by atoms with Gasteiger partial charge in [0.05, 0.1) is 20.4 Å². The summed E-state index contributed by atoms with van der Waals surface area (Å²) in [4.78, 5) is 20.8. The highest BCUT2D eigenvalue weighted by Crippen LogP contribution is 2.24. The average Bonchev–Trinajstić information content (AvgIpc) is 2.48. The van der Waals surface area contributed by atoms with Crippen LogP contribution in [0.15, 0.2) is 24.4 Å². The van der Waals surface area contributed by atoms with Crippen LogP contribution in [-0.4, -0.2) is 30.0 Å². The van der Waals surface area contributed by atoms with Crippen LogP contribution in [0.25, 0.3) is 0 Å². The molecule has 1 aromatic heterocycles.